The van der Waals surface area contributed by atoms with E-state index < -0.39 is 18.8 Å². The first-order chi connectivity index (χ1) is 10.8. The topological polar surface area (TPSA) is 46.5 Å². The number of halogens is 3. The first-order valence-corrected chi connectivity index (χ1v) is 7.75. The fraction of sp³-hybridized carbons (Fsp3) is 0.588. The molecule has 1 saturated carbocycles. The number of hydrogen-bond acceptors (Lipinski definition) is 2. The number of carbonyl (C=O) groups is 1. The van der Waals surface area contributed by atoms with Gasteiger partial charge in [-0.25, -0.2) is 0 Å². The van der Waals surface area contributed by atoms with Gasteiger partial charge >= 0.3 is 12.1 Å². The van der Waals surface area contributed by atoms with Crippen molar-refractivity contribution in [2.24, 2.45) is 0 Å². The molecule has 0 heterocycles. The maximum absolute atomic E-state index is 12.2. The Hall–Kier alpha value is -1.56. The van der Waals surface area contributed by atoms with Crippen molar-refractivity contribution >= 4 is 5.97 Å². The maximum atomic E-state index is 12.2. The number of carboxylic acids is 1. The van der Waals surface area contributed by atoms with Crippen molar-refractivity contribution in [2.75, 3.05) is 6.61 Å². The number of carboxylic acid groups (broad SMARTS) is 1. The standard InChI is InChI=1S/C17H21F3O3/c1-11-3-2-4-13(9-15(21)22)16(11)12-5-7-14(8-6-12)23-10-17(18,19)20/h2-4,12,14H,5-10H2,1H3,(H,21,22). The molecule has 2 rings (SSSR count). The Morgan fingerprint density at radius 1 is 1.26 bits per heavy atom. The highest BCUT2D eigenvalue weighted by atomic mass is 19.4. The van der Waals surface area contributed by atoms with E-state index >= 15 is 0 Å². The van der Waals surface area contributed by atoms with Gasteiger partial charge < -0.3 is 9.84 Å². The molecule has 3 nitrogen and oxygen atoms in total. The molecule has 0 unspecified atom stereocenters. The van der Waals surface area contributed by atoms with Crippen molar-refractivity contribution in [1.29, 1.82) is 0 Å². The number of aryl methyl sites for hydroxylation is 1. The monoisotopic (exact) mass is 330 g/mol. The molecule has 0 atom stereocenters. The highest BCUT2D eigenvalue weighted by Crippen LogP contribution is 2.37. The van der Waals surface area contributed by atoms with Gasteiger partial charge in [-0.3, -0.25) is 4.79 Å². The minimum atomic E-state index is -4.29. The quantitative estimate of drug-likeness (QED) is 0.879. The van der Waals surface area contributed by atoms with Gasteiger partial charge in [0.25, 0.3) is 0 Å². The number of aliphatic carboxylic acids is 1. The van der Waals surface area contributed by atoms with Gasteiger partial charge in [0.2, 0.25) is 0 Å². The molecule has 1 aliphatic rings. The van der Waals surface area contributed by atoms with Crippen molar-refractivity contribution in [3.63, 3.8) is 0 Å². The van der Waals surface area contributed by atoms with Crippen molar-refractivity contribution < 1.29 is 27.8 Å². The third-order valence-electron chi connectivity index (χ3n) is 4.32. The molecule has 1 aliphatic carbocycles. The van der Waals surface area contributed by atoms with Gasteiger partial charge in [0.15, 0.2) is 0 Å². The average molecular weight is 330 g/mol. The first kappa shape index (κ1) is 17.8. The molecule has 6 heteroatoms. The lowest BCUT2D eigenvalue weighted by atomic mass is 9.78. The van der Waals surface area contributed by atoms with Crippen LogP contribution >= 0.6 is 0 Å². The Morgan fingerprint density at radius 3 is 2.48 bits per heavy atom. The number of alkyl halides is 3. The smallest absolute Gasteiger partial charge is 0.411 e. The van der Waals surface area contributed by atoms with Crippen LogP contribution in [0.1, 0.15) is 48.3 Å². The molecular weight excluding hydrogens is 309 g/mol. The molecule has 128 valence electrons. The summed E-state index contributed by atoms with van der Waals surface area (Å²) in [7, 11) is 0. The van der Waals surface area contributed by atoms with E-state index in [0.29, 0.717) is 12.8 Å². The van der Waals surface area contributed by atoms with Crippen LogP contribution in [0.3, 0.4) is 0 Å². The molecule has 0 spiro atoms. The molecular formula is C17H21F3O3. The summed E-state index contributed by atoms with van der Waals surface area (Å²) >= 11 is 0. The zero-order chi connectivity index (χ0) is 17.0. The van der Waals surface area contributed by atoms with Gasteiger partial charge in [0.05, 0.1) is 12.5 Å². The SMILES string of the molecule is Cc1cccc(CC(=O)O)c1C1CCC(OCC(F)(F)F)CC1. The zero-order valence-electron chi connectivity index (χ0n) is 13.0. The molecule has 1 aromatic rings. The van der Waals surface area contributed by atoms with E-state index in [1.807, 2.05) is 25.1 Å². The van der Waals surface area contributed by atoms with Crippen molar-refractivity contribution in [1.82, 2.24) is 0 Å². The Morgan fingerprint density at radius 2 is 1.91 bits per heavy atom. The number of ether oxygens (including phenoxy) is 1. The summed E-state index contributed by atoms with van der Waals surface area (Å²) in [4.78, 5) is 11.0. The second-order valence-electron chi connectivity index (χ2n) is 6.12. The predicted molar refractivity (Wildman–Crippen MR) is 79.5 cm³/mol. The summed E-state index contributed by atoms with van der Waals surface area (Å²) in [5.41, 5.74) is 2.89. The lowest BCUT2D eigenvalue weighted by molar-refractivity contribution is -0.188. The molecule has 0 aromatic heterocycles. The number of hydrogen-bond donors (Lipinski definition) is 1. The van der Waals surface area contributed by atoms with Gasteiger partial charge in [-0.2, -0.15) is 13.2 Å². The third kappa shape index (κ3) is 5.23. The molecule has 1 fully saturated rings. The minimum Gasteiger partial charge on any atom is -0.481 e. The summed E-state index contributed by atoms with van der Waals surface area (Å²) in [5.74, 6) is -0.685. The van der Waals surface area contributed by atoms with Crippen LogP contribution in [0.4, 0.5) is 13.2 Å². The second-order valence-corrected chi connectivity index (χ2v) is 6.12. The van der Waals surface area contributed by atoms with E-state index in [0.717, 1.165) is 29.5 Å². The molecule has 0 amide bonds. The zero-order valence-corrected chi connectivity index (χ0v) is 13.0. The minimum absolute atomic E-state index is 0.0263. The maximum Gasteiger partial charge on any atom is 0.411 e. The molecule has 0 radical (unpaired) electrons. The van der Waals surface area contributed by atoms with Gasteiger partial charge in [-0.05, 0) is 55.2 Å². The summed E-state index contributed by atoms with van der Waals surface area (Å²) in [6, 6.07) is 5.62. The highest BCUT2D eigenvalue weighted by Gasteiger charge is 2.31. The van der Waals surface area contributed by atoms with Gasteiger partial charge in [0, 0.05) is 0 Å². The van der Waals surface area contributed by atoms with Crippen LogP contribution in [0, 0.1) is 6.92 Å². The Balaban J connectivity index is 2.01. The van der Waals surface area contributed by atoms with Crippen LogP contribution in [0.5, 0.6) is 0 Å². The van der Waals surface area contributed by atoms with E-state index in [2.05, 4.69) is 0 Å². The Kier molecular flexibility index (Phi) is 5.68. The Bertz CT molecular complexity index is 547. The van der Waals surface area contributed by atoms with E-state index in [1.165, 1.54) is 0 Å². The largest absolute Gasteiger partial charge is 0.481 e. The van der Waals surface area contributed by atoms with Crippen LogP contribution in [-0.2, 0) is 16.0 Å². The van der Waals surface area contributed by atoms with E-state index in [4.69, 9.17) is 9.84 Å². The second kappa shape index (κ2) is 7.34. The van der Waals surface area contributed by atoms with Gasteiger partial charge in [0.1, 0.15) is 6.61 Å². The Labute approximate surface area is 133 Å². The summed E-state index contributed by atoms with van der Waals surface area (Å²) in [6.45, 7) is 0.754. The van der Waals surface area contributed by atoms with Crippen molar-refractivity contribution in [3.05, 3.63) is 34.9 Å². The first-order valence-electron chi connectivity index (χ1n) is 7.75. The average Bonchev–Trinajstić information content (AvgIpc) is 2.45. The lowest BCUT2D eigenvalue weighted by Gasteiger charge is -2.31. The predicted octanol–water partition coefficient (Wildman–Crippen LogP) is 4.23. The summed E-state index contributed by atoms with van der Waals surface area (Å²) in [5, 5.41) is 9.04. The number of rotatable bonds is 5. The molecule has 1 N–H and O–H groups in total. The molecule has 0 saturated heterocycles. The molecule has 0 aliphatic heterocycles. The van der Waals surface area contributed by atoms with Crippen molar-refractivity contribution in [2.45, 2.75) is 57.2 Å². The van der Waals surface area contributed by atoms with Crippen LogP contribution < -0.4 is 0 Å². The van der Waals surface area contributed by atoms with Crippen molar-refractivity contribution in [3.8, 4) is 0 Å². The summed E-state index contributed by atoms with van der Waals surface area (Å²) < 4.78 is 41.5. The molecule has 0 bridgehead atoms. The van der Waals surface area contributed by atoms with Crippen LogP contribution in [-0.4, -0.2) is 30.0 Å². The molecule has 1 aromatic carbocycles. The normalized spacial score (nSPS) is 22.1. The summed E-state index contributed by atoms with van der Waals surface area (Å²) in [6.07, 6.45) is -2.09. The number of benzene rings is 1. The fourth-order valence-corrected chi connectivity index (χ4v) is 3.37. The van der Waals surface area contributed by atoms with E-state index in [-0.39, 0.29) is 18.4 Å². The van der Waals surface area contributed by atoms with Crippen LogP contribution in [0.15, 0.2) is 18.2 Å². The van der Waals surface area contributed by atoms with E-state index in [9.17, 15) is 18.0 Å². The van der Waals surface area contributed by atoms with Crippen LogP contribution in [0.25, 0.3) is 0 Å². The lowest BCUT2D eigenvalue weighted by Crippen LogP contribution is -2.27. The van der Waals surface area contributed by atoms with E-state index in [1.54, 1.807) is 0 Å². The van der Waals surface area contributed by atoms with Gasteiger partial charge in [-0.15, -0.1) is 0 Å². The van der Waals surface area contributed by atoms with Crippen LogP contribution in [0.2, 0.25) is 0 Å². The fourth-order valence-electron chi connectivity index (χ4n) is 3.37. The van der Waals surface area contributed by atoms with Gasteiger partial charge in [-0.1, -0.05) is 18.2 Å². The highest BCUT2D eigenvalue weighted by molar-refractivity contribution is 5.71. The third-order valence-corrected chi connectivity index (χ3v) is 4.32. The molecule has 23 heavy (non-hydrogen) atoms.